The highest BCUT2D eigenvalue weighted by atomic mass is 35.5. The van der Waals surface area contributed by atoms with Crippen LogP contribution in [0.5, 0.6) is 11.5 Å². The highest BCUT2D eigenvalue weighted by molar-refractivity contribution is 6.35. The van der Waals surface area contributed by atoms with Crippen LogP contribution in [0.2, 0.25) is 10.0 Å². The highest BCUT2D eigenvalue weighted by Crippen LogP contribution is 2.30. The lowest BCUT2D eigenvalue weighted by Gasteiger charge is -2.13. The van der Waals surface area contributed by atoms with Crippen molar-refractivity contribution in [2.24, 2.45) is 0 Å². The number of nitrogens with one attached hydrogen (secondary N) is 1. The summed E-state index contributed by atoms with van der Waals surface area (Å²) in [5.41, 5.74) is 2.00. The van der Waals surface area contributed by atoms with E-state index in [1.54, 1.807) is 26.4 Å². The van der Waals surface area contributed by atoms with Crippen LogP contribution in [0.1, 0.15) is 17.5 Å². The lowest BCUT2D eigenvalue weighted by molar-refractivity contribution is 0.194. The quantitative estimate of drug-likeness (QED) is 0.603. The third kappa shape index (κ3) is 6.40. The van der Waals surface area contributed by atoms with Crippen LogP contribution in [0.15, 0.2) is 36.4 Å². The van der Waals surface area contributed by atoms with Gasteiger partial charge in [-0.2, -0.15) is 0 Å². The molecule has 2 rings (SSSR count). The molecular formula is C19H23Cl2NO3. The Labute approximate surface area is 159 Å². The van der Waals surface area contributed by atoms with E-state index >= 15 is 0 Å². The first-order chi connectivity index (χ1) is 12.1. The Morgan fingerprint density at radius 2 is 1.84 bits per heavy atom. The lowest BCUT2D eigenvalue weighted by atomic mass is 10.2. The number of benzene rings is 2. The van der Waals surface area contributed by atoms with Gasteiger partial charge in [0.15, 0.2) is 11.5 Å². The van der Waals surface area contributed by atoms with Crippen molar-refractivity contribution in [3.05, 3.63) is 57.6 Å². The Morgan fingerprint density at radius 1 is 1.00 bits per heavy atom. The van der Waals surface area contributed by atoms with Gasteiger partial charge in [-0.3, -0.25) is 0 Å². The SMILES string of the molecule is COCCCNCc1ccc(OCc2ccc(Cl)cc2Cl)c(OC)c1. The van der Waals surface area contributed by atoms with E-state index in [0.717, 1.165) is 37.2 Å². The summed E-state index contributed by atoms with van der Waals surface area (Å²) >= 11 is 12.1. The van der Waals surface area contributed by atoms with E-state index in [0.29, 0.717) is 28.2 Å². The number of ether oxygens (including phenoxy) is 3. The van der Waals surface area contributed by atoms with Crippen molar-refractivity contribution in [3.63, 3.8) is 0 Å². The van der Waals surface area contributed by atoms with E-state index in [2.05, 4.69) is 5.32 Å². The molecule has 1 N–H and O–H groups in total. The standard InChI is InChI=1S/C19H23Cl2NO3/c1-23-9-3-8-22-12-14-4-7-18(19(10-14)24-2)25-13-15-5-6-16(20)11-17(15)21/h4-7,10-11,22H,3,8-9,12-13H2,1-2H3. The van der Waals surface area contributed by atoms with E-state index < -0.39 is 0 Å². The minimum atomic E-state index is 0.348. The van der Waals surface area contributed by atoms with Crippen molar-refractivity contribution < 1.29 is 14.2 Å². The summed E-state index contributed by atoms with van der Waals surface area (Å²) < 4.78 is 16.3. The molecule has 0 aromatic heterocycles. The molecule has 2 aromatic rings. The second-order valence-corrected chi connectivity index (χ2v) is 6.38. The number of halogens is 2. The Balaban J connectivity index is 1.94. The van der Waals surface area contributed by atoms with Gasteiger partial charge in [-0.15, -0.1) is 0 Å². The molecule has 136 valence electrons. The summed E-state index contributed by atoms with van der Waals surface area (Å²) in [6.45, 7) is 2.78. The first-order valence-electron chi connectivity index (χ1n) is 8.07. The predicted molar refractivity (Wildman–Crippen MR) is 102 cm³/mol. The molecule has 0 saturated carbocycles. The van der Waals surface area contributed by atoms with Crippen molar-refractivity contribution in [2.45, 2.75) is 19.6 Å². The van der Waals surface area contributed by atoms with Gasteiger partial charge >= 0.3 is 0 Å². The third-order valence-electron chi connectivity index (χ3n) is 3.66. The molecule has 4 nitrogen and oxygen atoms in total. The third-order valence-corrected chi connectivity index (χ3v) is 4.24. The van der Waals surface area contributed by atoms with Crippen molar-refractivity contribution >= 4 is 23.2 Å². The van der Waals surface area contributed by atoms with Gasteiger partial charge in [-0.05, 0) is 42.8 Å². The maximum absolute atomic E-state index is 6.18. The molecule has 0 aliphatic rings. The maximum Gasteiger partial charge on any atom is 0.161 e. The van der Waals surface area contributed by atoms with Crippen molar-refractivity contribution in [2.75, 3.05) is 27.4 Å². The highest BCUT2D eigenvalue weighted by Gasteiger charge is 2.08. The van der Waals surface area contributed by atoms with Gasteiger partial charge < -0.3 is 19.5 Å². The van der Waals surface area contributed by atoms with Crippen LogP contribution in [-0.4, -0.2) is 27.4 Å². The van der Waals surface area contributed by atoms with Gasteiger partial charge in [0.1, 0.15) is 6.61 Å². The number of hydrogen-bond acceptors (Lipinski definition) is 4. The van der Waals surface area contributed by atoms with Crippen LogP contribution in [0.4, 0.5) is 0 Å². The van der Waals surface area contributed by atoms with Crippen LogP contribution in [-0.2, 0) is 17.9 Å². The first-order valence-corrected chi connectivity index (χ1v) is 8.83. The molecule has 0 atom stereocenters. The minimum Gasteiger partial charge on any atom is -0.493 e. The molecule has 6 heteroatoms. The maximum atomic E-state index is 6.18. The van der Waals surface area contributed by atoms with Gasteiger partial charge in [0.2, 0.25) is 0 Å². The lowest BCUT2D eigenvalue weighted by Crippen LogP contribution is -2.16. The molecule has 2 aromatic carbocycles. The Bertz CT molecular complexity index is 680. The molecule has 0 fully saturated rings. The van der Waals surface area contributed by atoms with Crippen molar-refractivity contribution in [3.8, 4) is 11.5 Å². The summed E-state index contributed by atoms with van der Waals surface area (Å²) in [6.07, 6.45) is 0.983. The van der Waals surface area contributed by atoms with Crippen molar-refractivity contribution in [1.82, 2.24) is 5.32 Å². The average molecular weight is 384 g/mol. The van der Waals surface area contributed by atoms with E-state index in [9.17, 15) is 0 Å². The fourth-order valence-electron chi connectivity index (χ4n) is 2.31. The van der Waals surface area contributed by atoms with E-state index in [-0.39, 0.29) is 0 Å². The molecular weight excluding hydrogens is 361 g/mol. The fourth-order valence-corrected chi connectivity index (χ4v) is 2.77. The van der Waals surface area contributed by atoms with E-state index in [1.807, 2.05) is 24.3 Å². The van der Waals surface area contributed by atoms with Gasteiger partial charge in [0, 0.05) is 35.9 Å². The molecule has 0 amide bonds. The second kappa shape index (κ2) is 10.5. The summed E-state index contributed by atoms with van der Waals surface area (Å²) in [7, 11) is 3.34. The van der Waals surface area contributed by atoms with Crippen LogP contribution >= 0.6 is 23.2 Å². The van der Waals surface area contributed by atoms with E-state index in [4.69, 9.17) is 37.4 Å². The van der Waals surface area contributed by atoms with Crippen LogP contribution in [0, 0.1) is 0 Å². The number of rotatable bonds is 10. The minimum absolute atomic E-state index is 0.348. The number of hydrogen-bond donors (Lipinski definition) is 1. The summed E-state index contributed by atoms with van der Waals surface area (Å²) in [5.74, 6) is 1.37. The first kappa shape index (κ1) is 19.9. The zero-order chi connectivity index (χ0) is 18.1. The normalized spacial score (nSPS) is 10.7. The van der Waals surface area contributed by atoms with E-state index in [1.165, 1.54) is 0 Å². The summed E-state index contributed by atoms with van der Waals surface area (Å²) in [6, 6.07) is 11.3. The fraction of sp³-hybridized carbons (Fsp3) is 0.368. The van der Waals surface area contributed by atoms with Gasteiger partial charge in [-0.1, -0.05) is 35.3 Å². The van der Waals surface area contributed by atoms with Gasteiger partial charge in [0.25, 0.3) is 0 Å². The molecule has 25 heavy (non-hydrogen) atoms. The molecule has 0 saturated heterocycles. The molecule has 0 aliphatic carbocycles. The Morgan fingerprint density at radius 3 is 2.56 bits per heavy atom. The Kier molecular flexibility index (Phi) is 8.35. The molecule has 0 spiro atoms. The second-order valence-electron chi connectivity index (χ2n) is 5.53. The largest absolute Gasteiger partial charge is 0.493 e. The monoisotopic (exact) mass is 383 g/mol. The van der Waals surface area contributed by atoms with Crippen LogP contribution < -0.4 is 14.8 Å². The molecule has 0 heterocycles. The average Bonchev–Trinajstić information content (AvgIpc) is 2.61. The number of methoxy groups -OCH3 is 2. The topological polar surface area (TPSA) is 39.7 Å². The summed E-state index contributed by atoms with van der Waals surface area (Å²) in [4.78, 5) is 0. The molecule has 0 radical (unpaired) electrons. The van der Waals surface area contributed by atoms with Gasteiger partial charge in [-0.25, -0.2) is 0 Å². The zero-order valence-electron chi connectivity index (χ0n) is 14.5. The smallest absolute Gasteiger partial charge is 0.161 e. The molecule has 0 unspecified atom stereocenters. The van der Waals surface area contributed by atoms with Crippen LogP contribution in [0.25, 0.3) is 0 Å². The Hall–Kier alpha value is -1.46. The van der Waals surface area contributed by atoms with Gasteiger partial charge in [0.05, 0.1) is 7.11 Å². The molecule has 0 bridgehead atoms. The van der Waals surface area contributed by atoms with Crippen LogP contribution in [0.3, 0.4) is 0 Å². The zero-order valence-corrected chi connectivity index (χ0v) is 16.0. The molecule has 0 aliphatic heterocycles. The predicted octanol–water partition coefficient (Wildman–Crippen LogP) is 4.71. The van der Waals surface area contributed by atoms with Crippen molar-refractivity contribution in [1.29, 1.82) is 0 Å². The summed E-state index contributed by atoms with van der Waals surface area (Å²) in [5, 5.41) is 4.56.